The van der Waals surface area contributed by atoms with Gasteiger partial charge >= 0.3 is 11.9 Å². The van der Waals surface area contributed by atoms with Gasteiger partial charge in [0.2, 0.25) is 29.5 Å². The Morgan fingerprint density at radius 3 is 2.06 bits per heavy atom. The summed E-state index contributed by atoms with van der Waals surface area (Å²) in [5, 5.41) is 30.0. The van der Waals surface area contributed by atoms with Gasteiger partial charge in [-0.1, -0.05) is 85.7 Å². The maximum atomic E-state index is 14.8. The topological polar surface area (TPSA) is 262 Å². The summed E-state index contributed by atoms with van der Waals surface area (Å²) in [5.74, 6) is -8.09. The van der Waals surface area contributed by atoms with Crippen molar-refractivity contribution in [2.75, 3.05) is 27.2 Å². The average molecular weight is 1010 g/mol. The Labute approximate surface area is 424 Å². The Morgan fingerprint density at radius 2 is 1.47 bits per heavy atom. The van der Waals surface area contributed by atoms with Crippen molar-refractivity contribution in [1.29, 1.82) is 0 Å². The first kappa shape index (κ1) is 58.9. The summed E-state index contributed by atoms with van der Waals surface area (Å²) in [6.07, 6.45) is -4.78. The van der Waals surface area contributed by atoms with Crippen LogP contribution in [0.3, 0.4) is 0 Å². The molecule has 1 aromatic carbocycles. The molecule has 20 nitrogen and oxygen atoms in total. The number of likely N-dealkylation sites (tertiary alicyclic amines) is 1. The maximum Gasteiger partial charge on any atom is 0.329 e. The monoisotopic (exact) mass is 1010 g/mol. The van der Waals surface area contributed by atoms with Crippen LogP contribution in [0.4, 0.5) is 0 Å². The second-order valence-corrected chi connectivity index (χ2v) is 21.3. The second-order valence-electron chi connectivity index (χ2n) is 21.3. The lowest BCUT2D eigenvalue weighted by atomic mass is 9.95. The van der Waals surface area contributed by atoms with Crippen molar-refractivity contribution in [2.24, 2.45) is 23.7 Å². The van der Waals surface area contributed by atoms with Crippen molar-refractivity contribution in [3.8, 4) is 0 Å². The largest absolute Gasteiger partial charge is 0.458 e. The van der Waals surface area contributed by atoms with Gasteiger partial charge in [0.15, 0.2) is 6.10 Å². The first-order valence-corrected chi connectivity index (χ1v) is 25.6. The third kappa shape index (κ3) is 15.2. The predicted octanol–water partition coefficient (Wildman–Crippen LogP) is 1.71. The van der Waals surface area contributed by atoms with Gasteiger partial charge in [0.1, 0.15) is 48.5 Å². The standard InChI is InChI=1S/C52H81N7O13/c1-28(2)24-35-49(67)59-23-17-21-37(59)51(69)57(12)39(26-34-18-14-13-15-19-34)52(70)71-33(10)43(46(64)54-42(30(5)6)40(61)27-41(62)72-44(31(7)8)47(65)53-35)55-45(63)38(25-29(3)4)56(11)50(68)36-20-16-22-58(36)48(66)32(9)60/h13-15,18-19,28-33,35-40,42-44,60-61H,16-17,20-27H2,1-12H3,(H,53,65)(H,54,64)(H,55,63)/t32-,33+,35-,36-,37-,38+,39-,40-,42+,43-,44-/m0/s1. The van der Waals surface area contributed by atoms with Gasteiger partial charge < -0.3 is 55.2 Å². The van der Waals surface area contributed by atoms with Crippen molar-refractivity contribution < 1.29 is 62.8 Å². The Bertz CT molecular complexity index is 2080. The molecular weight excluding hydrogens is 931 g/mol. The number of nitrogens with zero attached hydrogens (tertiary/aromatic N) is 4. The lowest BCUT2D eigenvalue weighted by Crippen LogP contribution is -2.62. The summed E-state index contributed by atoms with van der Waals surface area (Å²) in [5.41, 5.74) is 0.657. The van der Waals surface area contributed by atoms with Gasteiger partial charge in [0, 0.05) is 33.6 Å². The zero-order chi connectivity index (χ0) is 53.9. The molecule has 3 aliphatic rings. The fraction of sp³-hybridized carbons (Fsp3) is 0.712. The molecule has 0 unspecified atom stereocenters. The van der Waals surface area contributed by atoms with Gasteiger partial charge in [-0.2, -0.15) is 0 Å². The molecule has 0 aromatic heterocycles. The lowest BCUT2D eigenvalue weighted by Gasteiger charge is -2.36. The number of likely N-dealkylation sites (N-methyl/N-ethyl adjacent to an activating group) is 2. The van der Waals surface area contributed by atoms with Crippen LogP contribution in [0, 0.1) is 23.7 Å². The van der Waals surface area contributed by atoms with Crippen molar-refractivity contribution in [2.45, 2.75) is 187 Å². The molecule has 7 amide bonds. The van der Waals surface area contributed by atoms with Gasteiger partial charge in [-0.3, -0.25) is 38.4 Å². The number of carbonyl (C=O) groups excluding carboxylic acids is 9. The Kier molecular flexibility index (Phi) is 21.6. The van der Waals surface area contributed by atoms with Crippen LogP contribution in [0.15, 0.2) is 30.3 Å². The van der Waals surface area contributed by atoms with Gasteiger partial charge in [0.05, 0.1) is 18.6 Å². The first-order chi connectivity index (χ1) is 33.7. The summed E-state index contributed by atoms with van der Waals surface area (Å²) in [6, 6.07) is 0.329. The number of amides is 7. The zero-order valence-electron chi connectivity index (χ0n) is 44.3. The third-order valence-corrected chi connectivity index (χ3v) is 13.8. The number of cyclic esters (lactones) is 2. The SMILES string of the molecule is CC(C)C[C@@H]1NC(=O)[C@H](C(C)C)OC(=O)C[C@H](O)[C@@H](C(C)C)NC(=O)[C@@H](NC(=O)[C@@H](CC(C)C)N(C)C(=O)[C@@H]2CCCN2C(=O)[C@H](C)O)[C@@H](C)OC(=O)[C@H](Cc2ccccc2)N(C)C(=O)[C@@H]2CCCN2C1=O. The van der Waals surface area contributed by atoms with E-state index in [0.717, 1.165) is 0 Å². The molecule has 4 rings (SSSR count). The van der Waals surface area contributed by atoms with E-state index < -0.39 is 138 Å². The number of hydrogen-bond donors (Lipinski definition) is 5. The van der Waals surface area contributed by atoms with Gasteiger partial charge in [-0.25, -0.2) is 4.79 Å². The lowest BCUT2D eigenvalue weighted by molar-refractivity contribution is -0.162. The summed E-state index contributed by atoms with van der Waals surface area (Å²) in [6.45, 7) is 17.2. The number of nitrogens with one attached hydrogen (secondary N) is 3. The van der Waals surface area contributed by atoms with Crippen LogP contribution in [-0.4, -0.2) is 177 Å². The van der Waals surface area contributed by atoms with Crippen molar-refractivity contribution in [1.82, 2.24) is 35.6 Å². The number of aliphatic hydroxyl groups excluding tert-OH is 2. The number of fused-ring (bicyclic) bond motifs is 1. The van der Waals surface area contributed by atoms with Crippen LogP contribution in [0.1, 0.15) is 120 Å². The number of aliphatic hydroxyl groups is 2. The molecule has 20 heteroatoms. The molecule has 72 heavy (non-hydrogen) atoms. The molecule has 0 radical (unpaired) electrons. The smallest absolute Gasteiger partial charge is 0.329 e. The minimum atomic E-state index is -1.71. The van der Waals surface area contributed by atoms with E-state index in [0.29, 0.717) is 24.8 Å². The normalized spacial score (nSPS) is 27.5. The minimum absolute atomic E-state index is 0.0457. The van der Waals surface area contributed by atoms with E-state index in [9.17, 15) is 53.4 Å². The van der Waals surface area contributed by atoms with Crippen molar-refractivity contribution in [3.63, 3.8) is 0 Å². The van der Waals surface area contributed by atoms with Crippen LogP contribution in [0.25, 0.3) is 0 Å². The van der Waals surface area contributed by atoms with Gasteiger partial charge in [-0.15, -0.1) is 0 Å². The molecule has 1 aromatic rings. The van der Waals surface area contributed by atoms with E-state index in [1.807, 2.05) is 27.7 Å². The molecule has 3 saturated heterocycles. The van der Waals surface area contributed by atoms with Gasteiger partial charge in [-0.05, 0) is 81.6 Å². The summed E-state index contributed by atoms with van der Waals surface area (Å²) in [4.78, 5) is 133. The summed E-state index contributed by atoms with van der Waals surface area (Å²) >= 11 is 0. The molecule has 11 atom stereocenters. The zero-order valence-corrected chi connectivity index (χ0v) is 44.3. The van der Waals surface area contributed by atoms with Crippen LogP contribution in [0.2, 0.25) is 0 Å². The molecule has 0 saturated carbocycles. The van der Waals surface area contributed by atoms with Crippen molar-refractivity contribution >= 4 is 53.3 Å². The quantitative estimate of drug-likeness (QED) is 0.177. The Hall–Kier alpha value is -5.63. The number of carbonyl (C=O) groups is 9. The Balaban J connectivity index is 1.83. The maximum absolute atomic E-state index is 14.8. The number of ether oxygens (including phenoxy) is 2. The molecule has 3 aliphatic heterocycles. The highest BCUT2D eigenvalue weighted by Crippen LogP contribution is 2.26. The number of esters is 2. The van der Waals surface area contributed by atoms with E-state index in [2.05, 4.69) is 16.0 Å². The molecule has 3 fully saturated rings. The first-order valence-electron chi connectivity index (χ1n) is 25.6. The summed E-state index contributed by atoms with van der Waals surface area (Å²) < 4.78 is 11.8. The Morgan fingerprint density at radius 1 is 0.833 bits per heavy atom. The van der Waals surface area contributed by atoms with Crippen LogP contribution in [-0.2, 0) is 59.0 Å². The van der Waals surface area contributed by atoms with Crippen LogP contribution >= 0.6 is 0 Å². The fourth-order valence-corrected chi connectivity index (χ4v) is 9.76. The molecule has 0 spiro atoms. The second kappa shape index (κ2) is 26.4. The van der Waals surface area contributed by atoms with E-state index >= 15 is 0 Å². The van der Waals surface area contributed by atoms with Crippen LogP contribution < -0.4 is 16.0 Å². The highest BCUT2D eigenvalue weighted by Gasteiger charge is 2.45. The molecule has 5 N–H and O–H groups in total. The van der Waals surface area contributed by atoms with Crippen molar-refractivity contribution in [3.05, 3.63) is 35.9 Å². The number of rotatable bonds is 13. The van der Waals surface area contributed by atoms with E-state index in [4.69, 9.17) is 9.47 Å². The van der Waals surface area contributed by atoms with Gasteiger partial charge in [0.25, 0.3) is 11.8 Å². The molecule has 3 heterocycles. The molecule has 0 bridgehead atoms. The molecule has 402 valence electrons. The average Bonchev–Trinajstić information content (AvgIpc) is 4.01. The fourth-order valence-electron chi connectivity index (χ4n) is 9.76. The highest BCUT2D eigenvalue weighted by atomic mass is 16.6. The molecular formula is C52H81N7O13. The minimum Gasteiger partial charge on any atom is -0.458 e. The van der Waals surface area contributed by atoms with E-state index in [-0.39, 0.29) is 50.6 Å². The predicted molar refractivity (Wildman–Crippen MR) is 265 cm³/mol. The third-order valence-electron chi connectivity index (χ3n) is 13.8. The number of hydrogen-bond acceptors (Lipinski definition) is 13. The van der Waals surface area contributed by atoms with Crippen LogP contribution in [0.5, 0.6) is 0 Å². The summed E-state index contributed by atoms with van der Waals surface area (Å²) in [7, 11) is 2.84. The van der Waals surface area contributed by atoms with E-state index in [1.165, 1.54) is 47.5 Å². The number of benzene rings is 1. The highest BCUT2D eigenvalue weighted by molar-refractivity contribution is 5.97. The molecule has 0 aliphatic carbocycles. The van der Waals surface area contributed by atoms with E-state index in [1.54, 1.807) is 58.0 Å².